The molecule has 5 heteroatoms. The largest absolute Gasteiger partial charge is 0.411 e. The van der Waals surface area contributed by atoms with Gasteiger partial charge in [0.15, 0.2) is 0 Å². The highest BCUT2D eigenvalue weighted by Crippen LogP contribution is 2.06. The summed E-state index contributed by atoms with van der Waals surface area (Å²) < 4.78 is 1.94. The first-order chi connectivity index (χ1) is 7.38. The van der Waals surface area contributed by atoms with Gasteiger partial charge in [0.2, 0.25) is 0 Å². The number of hydrogen-bond donors (Lipinski definition) is 1. The first-order valence-electron chi connectivity index (χ1n) is 5.28. The van der Waals surface area contributed by atoms with Gasteiger partial charge in [0.25, 0.3) is 0 Å². The summed E-state index contributed by atoms with van der Waals surface area (Å²) in [5.74, 6) is 0. The van der Waals surface area contributed by atoms with E-state index in [1.54, 1.807) is 6.20 Å². The lowest BCUT2D eigenvalue weighted by atomic mass is 10.1. The fourth-order valence-electron chi connectivity index (χ4n) is 1.81. The summed E-state index contributed by atoms with van der Waals surface area (Å²) in [6.45, 7) is 3.92. The van der Waals surface area contributed by atoms with Crippen LogP contribution in [0.2, 0.25) is 0 Å². The molecule has 0 aliphatic carbocycles. The van der Waals surface area contributed by atoms with Crippen LogP contribution in [-0.4, -0.2) is 45.2 Å². The molecule has 0 unspecified atom stereocenters. The van der Waals surface area contributed by atoms with Crippen molar-refractivity contribution in [1.82, 2.24) is 14.7 Å². The highest BCUT2D eigenvalue weighted by molar-refractivity contribution is 5.84. The van der Waals surface area contributed by atoms with E-state index in [4.69, 9.17) is 5.21 Å². The van der Waals surface area contributed by atoms with E-state index in [-0.39, 0.29) is 0 Å². The number of aromatic nitrogens is 2. The molecule has 1 fully saturated rings. The average Bonchev–Trinajstić information content (AvgIpc) is 2.80. The molecule has 1 aromatic heterocycles. The molecule has 0 saturated carbocycles. The molecule has 15 heavy (non-hydrogen) atoms. The van der Waals surface area contributed by atoms with Gasteiger partial charge in [-0.05, 0) is 6.07 Å². The van der Waals surface area contributed by atoms with E-state index in [1.165, 1.54) is 0 Å². The van der Waals surface area contributed by atoms with Crippen LogP contribution in [0.4, 0.5) is 0 Å². The molecule has 82 valence electrons. The molecule has 0 bridgehead atoms. The molecule has 1 N–H and O–H groups in total. The lowest BCUT2D eigenvalue weighted by molar-refractivity contribution is 0.251. The van der Waals surface area contributed by atoms with Crippen molar-refractivity contribution in [1.29, 1.82) is 0 Å². The van der Waals surface area contributed by atoms with E-state index >= 15 is 0 Å². The maximum absolute atomic E-state index is 8.61. The number of piperidine rings is 1. The number of rotatable bonds is 3. The minimum Gasteiger partial charge on any atom is -0.411 e. The van der Waals surface area contributed by atoms with Crippen LogP contribution in [-0.2, 0) is 6.54 Å². The highest BCUT2D eigenvalue weighted by atomic mass is 16.4. The lowest BCUT2D eigenvalue weighted by Gasteiger charge is -2.26. The van der Waals surface area contributed by atoms with Gasteiger partial charge in [-0.3, -0.25) is 4.68 Å². The third-order valence-electron chi connectivity index (χ3n) is 2.78. The van der Waals surface area contributed by atoms with Crippen molar-refractivity contribution >= 4 is 5.71 Å². The zero-order valence-electron chi connectivity index (χ0n) is 8.71. The molecule has 0 radical (unpaired) electrons. The quantitative estimate of drug-likeness (QED) is 0.590. The average molecular weight is 208 g/mol. The Morgan fingerprint density at radius 2 is 2.13 bits per heavy atom. The summed E-state index contributed by atoms with van der Waals surface area (Å²) in [5.41, 5.74) is 0.922. The number of oxime groups is 1. The molecule has 5 nitrogen and oxygen atoms in total. The van der Waals surface area contributed by atoms with Gasteiger partial charge in [-0.2, -0.15) is 5.10 Å². The molecule has 1 aliphatic rings. The van der Waals surface area contributed by atoms with Gasteiger partial charge in [0, 0.05) is 44.9 Å². The first-order valence-corrected chi connectivity index (χ1v) is 5.28. The second-order valence-corrected chi connectivity index (χ2v) is 3.78. The Bertz CT molecular complexity index is 310. The molecule has 1 aromatic rings. The van der Waals surface area contributed by atoms with Crippen LogP contribution >= 0.6 is 0 Å². The topological polar surface area (TPSA) is 53.7 Å². The standard InChI is InChI=1S/C10H16N4O/c15-12-10-2-6-13(7-3-10)8-9-14-5-1-4-11-14/h1,4-5,15H,2-3,6-9H2. The van der Waals surface area contributed by atoms with Gasteiger partial charge >= 0.3 is 0 Å². The van der Waals surface area contributed by atoms with Crippen molar-refractivity contribution in [3.8, 4) is 0 Å². The van der Waals surface area contributed by atoms with Crippen LogP contribution < -0.4 is 0 Å². The van der Waals surface area contributed by atoms with Gasteiger partial charge in [-0.15, -0.1) is 0 Å². The van der Waals surface area contributed by atoms with Gasteiger partial charge in [0.05, 0.1) is 12.3 Å². The number of nitrogens with zero attached hydrogens (tertiary/aromatic N) is 4. The summed E-state index contributed by atoms with van der Waals surface area (Å²) >= 11 is 0. The molecular weight excluding hydrogens is 192 g/mol. The summed E-state index contributed by atoms with van der Waals surface area (Å²) in [7, 11) is 0. The third-order valence-corrected chi connectivity index (χ3v) is 2.78. The second kappa shape index (κ2) is 4.93. The van der Waals surface area contributed by atoms with E-state index in [0.717, 1.165) is 44.7 Å². The summed E-state index contributed by atoms with van der Waals surface area (Å²) in [6.07, 6.45) is 5.54. The summed E-state index contributed by atoms with van der Waals surface area (Å²) in [6, 6.07) is 1.94. The normalized spacial score (nSPS) is 18.0. The molecule has 2 rings (SSSR count). The Morgan fingerprint density at radius 1 is 1.33 bits per heavy atom. The second-order valence-electron chi connectivity index (χ2n) is 3.78. The third kappa shape index (κ3) is 2.79. The van der Waals surface area contributed by atoms with Gasteiger partial charge in [-0.25, -0.2) is 0 Å². The monoisotopic (exact) mass is 208 g/mol. The molecule has 1 aliphatic heterocycles. The number of likely N-dealkylation sites (tertiary alicyclic amines) is 1. The fourth-order valence-corrected chi connectivity index (χ4v) is 1.81. The Labute approximate surface area is 89.0 Å². The van der Waals surface area contributed by atoms with E-state index in [1.807, 2.05) is 16.9 Å². The predicted octanol–water partition coefficient (Wildman–Crippen LogP) is 0.809. The number of hydrogen-bond acceptors (Lipinski definition) is 4. The molecule has 1 saturated heterocycles. The SMILES string of the molecule is ON=C1CCN(CCn2cccn2)CC1. The maximum atomic E-state index is 8.61. The minimum absolute atomic E-state index is 0.885. The Morgan fingerprint density at radius 3 is 2.73 bits per heavy atom. The molecular formula is C10H16N4O. The Hall–Kier alpha value is -1.36. The van der Waals surface area contributed by atoms with Crippen LogP contribution in [0.3, 0.4) is 0 Å². The molecule has 0 spiro atoms. The first kappa shape index (κ1) is 10.2. The zero-order chi connectivity index (χ0) is 10.5. The summed E-state index contributed by atoms with van der Waals surface area (Å²) in [4.78, 5) is 2.37. The van der Waals surface area contributed by atoms with Crippen molar-refractivity contribution in [3.05, 3.63) is 18.5 Å². The lowest BCUT2D eigenvalue weighted by Crippen LogP contribution is -2.36. The zero-order valence-corrected chi connectivity index (χ0v) is 8.71. The maximum Gasteiger partial charge on any atom is 0.0596 e. The highest BCUT2D eigenvalue weighted by Gasteiger charge is 2.14. The fraction of sp³-hybridized carbons (Fsp3) is 0.600. The van der Waals surface area contributed by atoms with Crippen LogP contribution in [0.15, 0.2) is 23.6 Å². The molecule has 0 atom stereocenters. The smallest absolute Gasteiger partial charge is 0.0596 e. The van der Waals surface area contributed by atoms with E-state index < -0.39 is 0 Å². The van der Waals surface area contributed by atoms with Gasteiger partial charge in [0.1, 0.15) is 0 Å². The van der Waals surface area contributed by atoms with Crippen molar-refractivity contribution in [2.45, 2.75) is 19.4 Å². The summed E-state index contributed by atoms with van der Waals surface area (Å²) in [5, 5.41) is 16.0. The Balaban J connectivity index is 1.73. The Kier molecular flexibility index (Phi) is 3.34. The molecule has 2 heterocycles. The van der Waals surface area contributed by atoms with Gasteiger partial charge < -0.3 is 10.1 Å². The van der Waals surface area contributed by atoms with E-state index in [9.17, 15) is 0 Å². The van der Waals surface area contributed by atoms with Crippen molar-refractivity contribution in [2.24, 2.45) is 5.16 Å². The van der Waals surface area contributed by atoms with Crippen LogP contribution in [0.25, 0.3) is 0 Å². The molecule has 0 amide bonds. The van der Waals surface area contributed by atoms with Crippen LogP contribution in [0.5, 0.6) is 0 Å². The van der Waals surface area contributed by atoms with Gasteiger partial charge in [-0.1, -0.05) is 5.16 Å². The van der Waals surface area contributed by atoms with Crippen LogP contribution in [0.1, 0.15) is 12.8 Å². The van der Waals surface area contributed by atoms with Crippen molar-refractivity contribution < 1.29 is 5.21 Å². The van der Waals surface area contributed by atoms with Crippen LogP contribution in [0, 0.1) is 0 Å². The van der Waals surface area contributed by atoms with E-state index in [0.29, 0.717) is 0 Å². The molecule has 0 aromatic carbocycles. The minimum atomic E-state index is 0.885. The van der Waals surface area contributed by atoms with Crippen molar-refractivity contribution in [3.63, 3.8) is 0 Å². The van der Waals surface area contributed by atoms with E-state index in [2.05, 4.69) is 15.2 Å². The predicted molar refractivity (Wildman–Crippen MR) is 57.1 cm³/mol. The van der Waals surface area contributed by atoms with Crippen molar-refractivity contribution in [2.75, 3.05) is 19.6 Å².